The van der Waals surface area contributed by atoms with Gasteiger partial charge in [-0.1, -0.05) is 0 Å². The largest absolute Gasteiger partial charge is 0.355 e. The molecule has 0 bridgehead atoms. The lowest BCUT2D eigenvalue weighted by molar-refractivity contribution is 0.0709. The van der Waals surface area contributed by atoms with Crippen LogP contribution in [0.2, 0.25) is 0 Å². The molecular weight excluding hydrogens is 330 g/mol. The van der Waals surface area contributed by atoms with Gasteiger partial charge in [0, 0.05) is 51.8 Å². The quantitative estimate of drug-likeness (QED) is 0.714. The van der Waals surface area contributed by atoms with E-state index in [1.54, 1.807) is 23.3 Å². The molecule has 0 spiro atoms. The maximum Gasteiger partial charge on any atom is 0.257 e. The second kappa shape index (κ2) is 6.44. The molecule has 1 fully saturated rings. The summed E-state index contributed by atoms with van der Waals surface area (Å²) in [6.07, 6.45) is 8.88. The van der Waals surface area contributed by atoms with Crippen molar-refractivity contribution < 1.29 is 4.79 Å². The van der Waals surface area contributed by atoms with Crippen molar-refractivity contribution >= 4 is 17.2 Å². The average Bonchev–Trinajstić information content (AvgIpc) is 3.25. The lowest BCUT2D eigenvalue weighted by Gasteiger charge is -2.37. The highest BCUT2D eigenvalue weighted by Gasteiger charge is 2.27. The molecule has 136 valence electrons. The lowest BCUT2D eigenvalue weighted by atomic mass is 10.0. The van der Waals surface area contributed by atoms with E-state index in [-0.39, 0.29) is 11.9 Å². The molecule has 1 saturated heterocycles. The summed E-state index contributed by atoms with van der Waals surface area (Å²) >= 11 is 0. The van der Waals surface area contributed by atoms with Gasteiger partial charge in [0.1, 0.15) is 5.52 Å². The molecule has 0 aromatic carbocycles. The van der Waals surface area contributed by atoms with Crippen LogP contribution in [-0.4, -0.2) is 61.4 Å². The topological polar surface area (TPSA) is 71.6 Å². The van der Waals surface area contributed by atoms with Crippen molar-refractivity contribution in [2.24, 2.45) is 7.05 Å². The molecule has 8 heteroatoms. The Morgan fingerprint density at radius 1 is 1.31 bits per heavy atom. The number of hydrogen-bond donors (Lipinski definition) is 0. The third-order valence-electron chi connectivity index (χ3n) is 5.08. The van der Waals surface area contributed by atoms with Crippen LogP contribution in [0.3, 0.4) is 0 Å². The maximum absolute atomic E-state index is 12.6. The van der Waals surface area contributed by atoms with E-state index in [1.165, 1.54) is 0 Å². The number of rotatable bonds is 3. The number of anilines is 1. The molecule has 1 aliphatic rings. The van der Waals surface area contributed by atoms with Gasteiger partial charge in [-0.2, -0.15) is 10.2 Å². The minimum Gasteiger partial charge on any atom is -0.355 e. The summed E-state index contributed by atoms with van der Waals surface area (Å²) in [4.78, 5) is 21.3. The van der Waals surface area contributed by atoms with Crippen LogP contribution in [0.4, 0.5) is 5.82 Å². The molecule has 0 radical (unpaired) electrons. The molecule has 26 heavy (non-hydrogen) atoms. The Morgan fingerprint density at radius 3 is 2.77 bits per heavy atom. The van der Waals surface area contributed by atoms with Crippen molar-refractivity contribution in [3.63, 3.8) is 0 Å². The first-order valence-corrected chi connectivity index (χ1v) is 8.84. The van der Waals surface area contributed by atoms with Crippen LogP contribution >= 0.6 is 0 Å². The van der Waals surface area contributed by atoms with Gasteiger partial charge in [0.15, 0.2) is 5.82 Å². The van der Waals surface area contributed by atoms with Gasteiger partial charge in [-0.15, -0.1) is 0 Å². The Hall–Kier alpha value is -2.90. The lowest BCUT2D eigenvalue weighted by Crippen LogP contribution is -2.46. The van der Waals surface area contributed by atoms with Crippen LogP contribution in [0.1, 0.15) is 28.9 Å². The third kappa shape index (κ3) is 2.91. The Kier molecular flexibility index (Phi) is 4.10. The van der Waals surface area contributed by atoms with Gasteiger partial charge in [0.05, 0.1) is 17.5 Å². The molecule has 1 amide bonds. The Labute approximate surface area is 152 Å². The maximum atomic E-state index is 12.6. The van der Waals surface area contributed by atoms with Gasteiger partial charge in [-0.3, -0.25) is 9.48 Å². The van der Waals surface area contributed by atoms with E-state index in [0.717, 1.165) is 43.0 Å². The zero-order chi connectivity index (χ0) is 18.3. The van der Waals surface area contributed by atoms with E-state index in [2.05, 4.69) is 26.1 Å². The molecule has 0 unspecified atom stereocenters. The van der Waals surface area contributed by atoms with E-state index < -0.39 is 0 Å². The molecule has 8 nitrogen and oxygen atoms in total. The van der Waals surface area contributed by atoms with E-state index in [4.69, 9.17) is 0 Å². The molecule has 3 aromatic rings. The van der Waals surface area contributed by atoms with Crippen LogP contribution in [0.5, 0.6) is 0 Å². The summed E-state index contributed by atoms with van der Waals surface area (Å²) in [7, 11) is 3.70. The van der Waals surface area contributed by atoms with Crippen molar-refractivity contribution in [2.75, 3.05) is 25.0 Å². The highest BCUT2D eigenvalue weighted by molar-refractivity contribution is 5.93. The van der Waals surface area contributed by atoms with Crippen molar-refractivity contribution in [3.05, 3.63) is 42.1 Å². The standard InChI is InChI=1S/C18H23N7O/c1-13-10-16-17(19-6-9-25(16)21-13)24-7-4-15(5-8-24)23(3)18(26)14-11-20-22(2)12-14/h6,9-12,15H,4-5,7-8H2,1-3H3. The van der Waals surface area contributed by atoms with Crippen molar-refractivity contribution in [1.29, 1.82) is 0 Å². The number of hydrogen-bond acceptors (Lipinski definition) is 5. The summed E-state index contributed by atoms with van der Waals surface area (Å²) in [6.45, 7) is 3.72. The van der Waals surface area contributed by atoms with Gasteiger partial charge in [-0.25, -0.2) is 9.50 Å². The minimum atomic E-state index is 0.0307. The second-order valence-corrected chi connectivity index (χ2v) is 6.90. The average molecular weight is 353 g/mol. The third-order valence-corrected chi connectivity index (χ3v) is 5.08. The number of piperidine rings is 1. The molecule has 0 aliphatic carbocycles. The molecule has 0 N–H and O–H groups in total. The first-order valence-electron chi connectivity index (χ1n) is 8.84. The van der Waals surface area contributed by atoms with E-state index in [1.807, 2.05) is 36.6 Å². The fourth-order valence-electron chi connectivity index (χ4n) is 3.64. The van der Waals surface area contributed by atoms with E-state index >= 15 is 0 Å². The fraction of sp³-hybridized carbons (Fsp3) is 0.444. The number of aromatic nitrogens is 5. The molecule has 1 aliphatic heterocycles. The van der Waals surface area contributed by atoms with Crippen LogP contribution in [-0.2, 0) is 7.05 Å². The number of aryl methyl sites for hydroxylation is 2. The number of carbonyl (C=O) groups excluding carboxylic acids is 1. The van der Waals surface area contributed by atoms with Crippen LogP contribution in [0.15, 0.2) is 30.9 Å². The zero-order valence-electron chi connectivity index (χ0n) is 15.3. The van der Waals surface area contributed by atoms with Crippen LogP contribution in [0.25, 0.3) is 5.52 Å². The monoisotopic (exact) mass is 353 g/mol. The predicted octanol–water partition coefficient (Wildman–Crippen LogP) is 1.51. The summed E-state index contributed by atoms with van der Waals surface area (Å²) in [6, 6.07) is 2.29. The summed E-state index contributed by atoms with van der Waals surface area (Å²) in [5.74, 6) is 0.996. The van der Waals surface area contributed by atoms with Gasteiger partial charge >= 0.3 is 0 Å². The molecule has 4 rings (SSSR count). The molecule has 0 atom stereocenters. The van der Waals surface area contributed by atoms with Crippen LogP contribution < -0.4 is 4.90 Å². The zero-order valence-corrected chi connectivity index (χ0v) is 15.3. The number of carbonyl (C=O) groups is 1. The fourth-order valence-corrected chi connectivity index (χ4v) is 3.64. The molecule has 3 aromatic heterocycles. The summed E-state index contributed by atoms with van der Waals surface area (Å²) in [5.41, 5.74) is 2.65. The molecule has 4 heterocycles. The van der Waals surface area contributed by atoms with Gasteiger partial charge in [0.2, 0.25) is 0 Å². The van der Waals surface area contributed by atoms with Crippen LogP contribution in [0, 0.1) is 6.92 Å². The highest BCUT2D eigenvalue weighted by atomic mass is 16.2. The van der Waals surface area contributed by atoms with Gasteiger partial charge in [-0.05, 0) is 25.8 Å². The first kappa shape index (κ1) is 16.6. The summed E-state index contributed by atoms with van der Waals surface area (Å²) in [5, 5.41) is 8.55. The summed E-state index contributed by atoms with van der Waals surface area (Å²) < 4.78 is 3.53. The minimum absolute atomic E-state index is 0.0307. The Bertz CT molecular complexity index is 936. The number of fused-ring (bicyclic) bond motifs is 1. The van der Waals surface area contributed by atoms with Crippen molar-refractivity contribution in [3.8, 4) is 0 Å². The van der Waals surface area contributed by atoms with E-state index in [0.29, 0.717) is 5.56 Å². The molecular formula is C18H23N7O. The number of amides is 1. The number of nitrogens with zero attached hydrogens (tertiary/aromatic N) is 7. The Morgan fingerprint density at radius 2 is 2.08 bits per heavy atom. The highest BCUT2D eigenvalue weighted by Crippen LogP contribution is 2.25. The van der Waals surface area contributed by atoms with Gasteiger partial charge in [0.25, 0.3) is 5.91 Å². The molecule has 0 saturated carbocycles. The smallest absolute Gasteiger partial charge is 0.257 e. The van der Waals surface area contributed by atoms with E-state index in [9.17, 15) is 4.79 Å². The first-order chi connectivity index (χ1) is 12.5. The normalized spacial score (nSPS) is 15.6. The SMILES string of the molecule is Cc1cc2c(N3CCC(N(C)C(=O)c4cnn(C)c4)CC3)nccn2n1. The Balaban J connectivity index is 1.46. The van der Waals surface area contributed by atoms with Crippen molar-refractivity contribution in [2.45, 2.75) is 25.8 Å². The van der Waals surface area contributed by atoms with Crippen molar-refractivity contribution in [1.82, 2.24) is 29.3 Å². The van der Waals surface area contributed by atoms with Gasteiger partial charge < -0.3 is 9.80 Å². The second-order valence-electron chi connectivity index (χ2n) is 6.90. The predicted molar refractivity (Wildman–Crippen MR) is 98.3 cm³/mol.